The molecule has 0 aromatic carbocycles. The van der Waals surface area contributed by atoms with Crippen LogP contribution in [0.15, 0.2) is 0 Å². The molecule has 0 nitrogen and oxygen atoms in total. The highest BCUT2D eigenvalue weighted by Gasteiger charge is 2.65. The summed E-state index contributed by atoms with van der Waals surface area (Å²) in [6.07, 6.45) is 1.48. The van der Waals surface area contributed by atoms with Crippen LogP contribution in [0.4, 0.5) is 0 Å². The number of hydrogen-bond donors (Lipinski definition) is 0. The van der Waals surface area contributed by atoms with Crippen molar-refractivity contribution in [2.24, 2.45) is 29.1 Å². The molecule has 4 unspecified atom stereocenters. The van der Waals surface area contributed by atoms with E-state index in [1.54, 1.807) is 0 Å². The van der Waals surface area contributed by atoms with Gasteiger partial charge in [-0.15, -0.1) is 0 Å². The van der Waals surface area contributed by atoms with Crippen molar-refractivity contribution in [2.45, 2.75) is 34.1 Å². The van der Waals surface area contributed by atoms with Crippen LogP contribution in [-0.4, -0.2) is 0 Å². The van der Waals surface area contributed by atoms with E-state index in [1.165, 1.54) is 6.42 Å². The van der Waals surface area contributed by atoms with Crippen LogP contribution >= 0.6 is 0 Å². The fourth-order valence-electron chi connectivity index (χ4n) is 3.77. The van der Waals surface area contributed by atoms with Crippen molar-refractivity contribution in [3.63, 3.8) is 0 Å². The lowest BCUT2D eigenvalue weighted by Gasteiger charge is -2.16. The van der Waals surface area contributed by atoms with Gasteiger partial charge in [-0.25, -0.2) is 0 Å². The summed E-state index contributed by atoms with van der Waals surface area (Å²) in [5.41, 5.74) is 0.705. The first kappa shape index (κ1) is 6.69. The van der Waals surface area contributed by atoms with Crippen LogP contribution in [-0.2, 0) is 0 Å². The van der Waals surface area contributed by atoms with E-state index >= 15 is 0 Å². The average Bonchev–Trinajstić information content (AvgIpc) is 2.17. The summed E-state index contributed by atoms with van der Waals surface area (Å²) >= 11 is 0. The first-order valence-electron chi connectivity index (χ1n) is 4.55. The molecule has 0 N–H and O–H groups in total. The molecule has 10 heavy (non-hydrogen) atoms. The van der Waals surface area contributed by atoms with E-state index in [2.05, 4.69) is 27.7 Å². The van der Waals surface area contributed by atoms with Gasteiger partial charge in [-0.05, 0) is 35.5 Å². The molecule has 0 heterocycles. The Morgan fingerprint density at radius 1 is 1.00 bits per heavy atom. The summed E-state index contributed by atoms with van der Waals surface area (Å²) in [7, 11) is 0. The van der Waals surface area contributed by atoms with Crippen LogP contribution in [0.2, 0.25) is 0 Å². The Bertz CT molecular complexity index is 141. The smallest absolute Gasteiger partial charge is 0.0287 e. The highest BCUT2D eigenvalue weighted by atomic mass is 14.7. The SMILES string of the molecule is CC1CC(C)C2C1C2(C)C. The fraction of sp³-hybridized carbons (Fsp3) is 1.00. The Morgan fingerprint density at radius 3 is 1.60 bits per heavy atom. The summed E-state index contributed by atoms with van der Waals surface area (Å²) in [5, 5.41) is 0. The Balaban J connectivity index is 2.18. The lowest BCUT2D eigenvalue weighted by Crippen LogP contribution is -2.08. The van der Waals surface area contributed by atoms with Gasteiger partial charge < -0.3 is 0 Å². The highest BCUT2D eigenvalue weighted by molar-refractivity contribution is 5.13. The molecule has 0 aromatic rings. The van der Waals surface area contributed by atoms with Crippen LogP contribution < -0.4 is 0 Å². The van der Waals surface area contributed by atoms with Gasteiger partial charge in [0.05, 0.1) is 0 Å². The van der Waals surface area contributed by atoms with Crippen LogP contribution in [0.25, 0.3) is 0 Å². The third kappa shape index (κ3) is 0.580. The maximum atomic E-state index is 2.44. The van der Waals surface area contributed by atoms with Gasteiger partial charge in [0.25, 0.3) is 0 Å². The summed E-state index contributed by atoms with van der Waals surface area (Å²) in [6, 6.07) is 0. The zero-order chi connectivity index (χ0) is 7.52. The Kier molecular flexibility index (Phi) is 1.07. The molecule has 2 saturated carbocycles. The fourth-order valence-corrected chi connectivity index (χ4v) is 3.77. The minimum atomic E-state index is 0.705. The minimum Gasteiger partial charge on any atom is -0.0622 e. The van der Waals surface area contributed by atoms with Gasteiger partial charge in [0, 0.05) is 0 Å². The molecular formula is C10H18. The standard InChI is InChI=1S/C10H18/c1-6-5-7(2)9-8(6)10(9,3)4/h6-9H,5H2,1-4H3. The Hall–Kier alpha value is 0. The van der Waals surface area contributed by atoms with Gasteiger partial charge in [0.2, 0.25) is 0 Å². The van der Waals surface area contributed by atoms with E-state index < -0.39 is 0 Å². The molecule has 2 aliphatic carbocycles. The molecular weight excluding hydrogens is 120 g/mol. The molecule has 0 saturated heterocycles. The van der Waals surface area contributed by atoms with E-state index in [-0.39, 0.29) is 0 Å². The number of rotatable bonds is 0. The Labute approximate surface area is 64.0 Å². The maximum Gasteiger partial charge on any atom is -0.0287 e. The van der Waals surface area contributed by atoms with E-state index in [0.29, 0.717) is 5.41 Å². The zero-order valence-electron chi connectivity index (χ0n) is 7.52. The molecule has 0 bridgehead atoms. The molecule has 0 aromatic heterocycles. The second kappa shape index (κ2) is 1.60. The van der Waals surface area contributed by atoms with Crippen molar-refractivity contribution < 1.29 is 0 Å². The van der Waals surface area contributed by atoms with E-state index in [1.807, 2.05) is 0 Å². The predicted molar refractivity (Wildman–Crippen MR) is 43.7 cm³/mol. The van der Waals surface area contributed by atoms with Gasteiger partial charge >= 0.3 is 0 Å². The zero-order valence-corrected chi connectivity index (χ0v) is 7.52. The van der Waals surface area contributed by atoms with Crippen LogP contribution in [0.5, 0.6) is 0 Å². The maximum absolute atomic E-state index is 2.44. The summed E-state index contributed by atoms with van der Waals surface area (Å²) in [5.74, 6) is 4.16. The van der Waals surface area contributed by atoms with E-state index in [4.69, 9.17) is 0 Å². The normalized spacial score (nSPS) is 56.4. The van der Waals surface area contributed by atoms with Crippen molar-refractivity contribution >= 4 is 0 Å². The first-order chi connectivity index (χ1) is 4.55. The van der Waals surface area contributed by atoms with Gasteiger partial charge in [-0.2, -0.15) is 0 Å². The second-order valence-corrected chi connectivity index (χ2v) is 5.06. The Morgan fingerprint density at radius 2 is 1.40 bits per heavy atom. The van der Waals surface area contributed by atoms with Gasteiger partial charge in [0.15, 0.2) is 0 Å². The monoisotopic (exact) mass is 138 g/mol. The molecule has 2 fully saturated rings. The van der Waals surface area contributed by atoms with Crippen LogP contribution in [0.1, 0.15) is 34.1 Å². The largest absolute Gasteiger partial charge is 0.0622 e. The van der Waals surface area contributed by atoms with E-state index in [9.17, 15) is 0 Å². The van der Waals surface area contributed by atoms with Crippen molar-refractivity contribution in [1.29, 1.82) is 0 Å². The molecule has 0 radical (unpaired) electrons. The molecule has 2 aliphatic rings. The molecule has 0 spiro atoms. The average molecular weight is 138 g/mol. The molecule has 0 amide bonds. The van der Waals surface area contributed by atoms with Crippen LogP contribution in [0, 0.1) is 29.1 Å². The van der Waals surface area contributed by atoms with Crippen molar-refractivity contribution in [1.82, 2.24) is 0 Å². The minimum absolute atomic E-state index is 0.705. The van der Waals surface area contributed by atoms with Crippen molar-refractivity contribution in [3.8, 4) is 0 Å². The van der Waals surface area contributed by atoms with Gasteiger partial charge in [-0.3, -0.25) is 0 Å². The summed E-state index contributed by atoms with van der Waals surface area (Å²) in [4.78, 5) is 0. The third-order valence-corrected chi connectivity index (χ3v) is 3.97. The molecule has 58 valence electrons. The predicted octanol–water partition coefficient (Wildman–Crippen LogP) is 2.93. The highest BCUT2D eigenvalue weighted by Crippen LogP contribution is 2.70. The molecule has 2 rings (SSSR count). The molecule has 4 atom stereocenters. The van der Waals surface area contributed by atoms with E-state index in [0.717, 1.165) is 23.7 Å². The summed E-state index contributed by atoms with van der Waals surface area (Å²) < 4.78 is 0. The second-order valence-electron chi connectivity index (χ2n) is 5.06. The van der Waals surface area contributed by atoms with Crippen molar-refractivity contribution in [2.75, 3.05) is 0 Å². The first-order valence-corrected chi connectivity index (χ1v) is 4.55. The topological polar surface area (TPSA) is 0 Å². The van der Waals surface area contributed by atoms with Gasteiger partial charge in [0.1, 0.15) is 0 Å². The number of fused-ring (bicyclic) bond motifs is 1. The quantitative estimate of drug-likeness (QED) is 0.483. The number of hydrogen-bond acceptors (Lipinski definition) is 0. The molecule has 0 aliphatic heterocycles. The molecule has 0 heteroatoms. The third-order valence-electron chi connectivity index (χ3n) is 3.97. The van der Waals surface area contributed by atoms with Gasteiger partial charge in [-0.1, -0.05) is 27.7 Å². The summed E-state index contributed by atoms with van der Waals surface area (Å²) in [6.45, 7) is 9.73. The van der Waals surface area contributed by atoms with Crippen molar-refractivity contribution in [3.05, 3.63) is 0 Å². The lowest BCUT2D eigenvalue weighted by molar-refractivity contribution is 0.336. The lowest BCUT2D eigenvalue weighted by atomic mass is 9.89. The van der Waals surface area contributed by atoms with Crippen LogP contribution in [0.3, 0.4) is 0 Å².